The molecule has 0 spiro atoms. The van der Waals surface area contributed by atoms with E-state index >= 15 is 0 Å². The van der Waals surface area contributed by atoms with E-state index in [0.717, 1.165) is 0 Å². The first kappa shape index (κ1) is 36.4. The van der Waals surface area contributed by atoms with Gasteiger partial charge < -0.3 is 0 Å². The second-order valence-corrected chi connectivity index (χ2v) is 26.8. The molecular weight excluding hydrogens is 573 g/mol. The Morgan fingerprint density at radius 2 is 0.837 bits per heavy atom. The lowest BCUT2D eigenvalue weighted by Crippen LogP contribution is -2.42. The smallest absolute Gasteiger partial charge is 0.0736 e. The zero-order chi connectivity index (χ0) is 32.7. The number of benzene rings is 3. The van der Waals surface area contributed by atoms with E-state index in [1.54, 1.807) is 0 Å². The molecule has 0 radical (unpaired) electrons. The first-order valence-corrected chi connectivity index (χ1v) is 21.9. The highest BCUT2D eigenvalue weighted by atomic mass is 31.2. The van der Waals surface area contributed by atoms with Crippen LogP contribution in [0.1, 0.15) is 108 Å². The zero-order valence-electron chi connectivity index (χ0n) is 29.9. The van der Waals surface area contributed by atoms with Crippen molar-refractivity contribution in [3.8, 4) is 0 Å². The molecule has 0 bridgehead atoms. The fourth-order valence-electron chi connectivity index (χ4n) is 6.32. The van der Waals surface area contributed by atoms with Crippen molar-refractivity contribution in [2.24, 2.45) is 0 Å². The fraction of sp³-hybridized carbons (Fsp3) is 0.500. The maximum Gasteiger partial charge on any atom is 0.0736 e. The lowest BCUT2D eigenvalue weighted by molar-refractivity contribution is 0.590. The van der Waals surface area contributed by atoms with Gasteiger partial charge in [-0.2, -0.15) is 13.3 Å². The molecule has 0 heterocycles. The standard InChI is InChI=1S/C40H61P3/c1-28(2)42(15,29(3)4)37-26-32(39(9,10)11)22-24-35(37)41(34-20-18-17-19-21-34)36-25-23-33(40(12,13)14)27-38(36)43(16,30(5)6)31(7)8/h17-31H,15-16H2,1-14H3. The molecule has 0 aliphatic carbocycles. The maximum atomic E-state index is 5.18. The van der Waals surface area contributed by atoms with Gasteiger partial charge in [-0.05, 0) is 115 Å². The third kappa shape index (κ3) is 7.19. The molecule has 0 nitrogen and oxygen atoms in total. The third-order valence-corrected chi connectivity index (χ3v) is 22.6. The van der Waals surface area contributed by atoms with E-state index in [4.69, 9.17) is 13.3 Å². The number of rotatable bonds is 9. The van der Waals surface area contributed by atoms with Crippen LogP contribution in [0, 0.1) is 13.3 Å². The van der Waals surface area contributed by atoms with Crippen LogP contribution in [0.2, 0.25) is 0 Å². The Hall–Kier alpha value is -1.05. The predicted octanol–water partition coefficient (Wildman–Crippen LogP) is 10.5. The Morgan fingerprint density at radius 3 is 1.12 bits per heavy atom. The van der Waals surface area contributed by atoms with E-state index in [9.17, 15) is 0 Å². The fourth-order valence-corrected chi connectivity index (χ4v) is 16.7. The van der Waals surface area contributed by atoms with E-state index in [2.05, 4.69) is 164 Å². The molecule has 0 aliphatic heterocycles. The van der Waals surface area contributed by atoms with Gasteiger partial charge in [0.15, 0.2) is 0 Å². The Balaban J connectivity index is 2.60. The molecule has 0 N–H and O–H groups in total. The normalized spacial score (nSPS) is 13.7. The van der Waals surface area contributed by atoms with Crippen molar-refractivity contribution in [1.82, 2.24) is 0 Å². The van der Waals surface area contributed by atoms with Gasteiger partial charge in [0.25, 0.3) is 0 Å². The largest absolute Gasteiger partial charge is 0.174 e. The second kappa shape index (κ2) is 13.4. The summed E-state index contributed by atoms with van der Waals surface area (Å²) >= 11 is 0. The van der Waals surface area contributed by atoms with Gasteiger partial charge in [-0.15, -0.1) is 0 Å². The molecule has 236 valence electrons. The topological polar surface area (TPSA) is 0 Å². The molecule has 0 aliphatic rings. The zero-order valence-corrected chi connectivity index (χ0v) is 32.6. The van der Waals surface area contributed by atoms with Crippen LogP contribution in [-0.2, 0) is 10.8 Å². The van der Waals surface area contributed by atoms with Crippen LogP contribution < -0.4 is 26.5 Å². The highest BCUT2D eigenvalue weighted by Gasteiger charge is 2.43. The van der Waals surface area contributed by atoms with Crippen molar-refractivity contribution in [2.45, 2.75) is 130 Å². The molecule has 3 aromatic carbocycles. The van der Waals surface area contributed by atoms with Gasteiger partial charge in [0.1, 0.15) is 0 Å². The molecule has 43 heavy (non-hydrogen) atoms. The molecule has 3 rings (SSSR count). The molecule has 3 aromatic rings. The van der Waals surface area contributed by atoms with Crippen LogP contribution in [-0.4, -0.2) is 22.6 Å². The molecule has 3 heteroatoms. The average Bonchev–Trinajstić information content (AvgIpc) is 2.91. The summed E-state index contributed by atoms with van der Waals surface area (Å²) in [7, 11) is -4.37. The summed E-state index contributed by atoms with van der Waals surface area (Å²) in [5.41, 5.74) is 4.98. The van der Waals surface area contributed by atoms with Crippen LogP contribution in [0.5, 0.6) is 0 Å². The van der Waals surface area contributed by atoms with Crippen LogP contribution >= 0.6 is 22.4 Å². The van der Waals surface area contributed by atoms with Crippen molar-refractivity contribution >= 4 is 49.0 Å². The van der Waals surface area contributed by atoms with Crippen molar-refractivity contribution in [1.29, 1.82) is 0 Å². The van der Waals surface area contributed by atoms with Crippen molar-refractivity contribution in [2.75, 3.05) is 0 Å². The summed E-state index contributed by atoms with van der Waals surface area (Å²) in [5.74, 6) is 0. The van der Waals surface area contributed by atoms with Gasteiger partial charge in [-0.3, -0.25) is 0 Å². The molecular formula is C40H61P3. The van der Waals surface area contributed by atoms with E-state index in [1.807, 2.05) is 0 Å². The second-order valence-electron chi connectivity index (χ2n) is 15.8. The van der Waals surface area contributed by atoms with Crippen LogP contribution in [0.4, 0.5) is 0 Å². The van der Waals surface area contributed by atoms with E-state index in [1.165, 1.54) is 37.6 Å². The molecule has 0 amide bonds. The van der Waals surface area contributed by atoms with E-state index < -0.39 is 22.4 Å². The van der Waals surface area contributed by atoms with Gasteiger partial charge in [0, 0.05) is 33.2 Å². The van der Waals surface area contributed by atoms with Crippen molar-refractivity contribution in [3.63, 3.8) is 0 Å². The quantitative estimate of drug-likeness (QED) is 0.162. The third-order valence-electron chi connectivity index (χ3n) is 9.76. The molecule has 0 saturated carbocycles. The summed E-state index contributed by atoms with van der Waals surface area (Å²) in [5, 5.41) is 7.50. The summed E-state index contributed by atoms with van der Waals surface area (Å²) < 4.78 is 0. The van der Waals surface area contributed by atoms with Crippen molar-refractivity contribution < 1.29 is 0 Å². The molecule has 0 aromatic heterocycles. The van der Waals surface area contributed by atoms with Gasteiger partial charge >= 0.3 is 0 Å². The van der Waals surface area contributed by atoms with Gasteiger partial charge in [0.05, 0.1) is 10.6 Å². The lowest BCUT2D eigenvalue weighted by atomic mass is 9.87. The maximum absolute atomic E-state index is 5.18. The highest BCUT2D eigenvalue weighted by Crippen LogP contribution is 2.66. The summed E-state index contributed by atoms with van der Waals surface area (Å²) in [6.45, 7) is 43.7. The number of hydrogen-bond acceptors (Lipinski definition) is 0. The first-order valence-electron chi connectivity index (χ1n) is 16.3. The number of hydrogen-bond donors (Lipinski definition) is 0. The Labute approximate surface area is 269 Å². The predicted molar refractivity (Wildman–Crippen MR) is 207 cm³/mol. The van der Waals surface area contributed by atoms with Crippen LogP contribution in [0.25, 0.3) is 0 Å². The summed E-state index contributed by atoms with van der Waals surface area (Å²) in [6.07, 6.45) is 0. The van der Waals surface area contributed by atoms with Crippen LogP contribution in [0.15, 0.2) is 66.7 Å². The minimum atomic E-state index is -1.76. The van der Waals surface area contributed by atoms with E-state index in [0.29, 0.717) is 22.6 Å². The molecule has 0 saturated heterocycles. The molecule has 0 unspecified atom stereocenters. The van der Waals surface area contributed by atoms with Gasteiger partial charge in [-0.25, -0.2) is 0 Å². The highest BCUT2D eigenvalue weighted by molar-refractivity contribution is 7.91. The van der Waals surface area contributed by atoms with Gasteiger partial charge in [-0.1, -0.05) is 98.5 Å². The minimum Gasteiger partial charge on any atom is -0.174 e. The SMILES string of the molecule is [CH2-][P+](c1cc(C(C)(C)C)ccc1P(c1ccccc1)c1ccc(C(C)(C)C)cc1[P+]([CH2-])(C(C)C)C(C)C)(C(C)C)C(C)C. The first-order chi connectivity index (χ1) is 19.7. The summed E-state index contributed by atoms with van der Waals surface area (Å²) in [6, 6.07) is 26.4. The Bertz CT molecular complexity index is 1260. The average molecular weight is 635 g/mol. The molecule has 0 atom stereocenters. The lowest BCUT2D eigenvalue weighted by Gasteiger charge is -2.43. The molecule has 0 fully saturated rings. The van der Waals surface area contributed by atoms with Crippen molar-refractivity contribution in [3.05, 3.63) is 91.2 Å². The van der Waals surface area contributed by atoms with Crippen LogP contribution in [0.3, 0.4) is 0 Å². The Morgan fingerprint density at radius 1 is 0.512 bits per heavy atom. The van der Waals surface area contributed by atoms with E-state index in [-0.39, 0.29) is 10.8 Å². The minimum absolute atomic E-state index is 0.0738. The monoisotopic (exact) mass is 634 g/mol. The van der Waals surface area contributed by atoms with Gasteiger partial charge in [0.2, 0.25) is 0 Å². The Kier molecular flexibility index (Phi) is 11.3. The summed E-state index contributed by atoms with van der Waals surface area (Å²) in [4.78, 5) is 0.